The van der Waals surface area contributed by atoms with Gasteiger partial charge in [0, 0.05) is 0 Å². The zero-order valence-corrected chi connectivity index (χ0v) is 15.3. The third-order valence-corrected chi connectivity index (χ3v) is 5.34. The lowest BCUT2D eigenvalue weighted by molar-refractivity contribution is -0.120. The van der Waals surface area contributed by atoms with Crippen LogP contribution in [0.2, 0.25) is 0 Å². The van der Waals surface area contributed by atoms with E-state index < -0.39 is 33.6 Å². The van der Waals surface area contributed by atoms with Gasteiger partial charge in [0.25, 0.3) is 0 Å². The highest BCUT2D eigenvalue weighted by Gasteiger charge is 2.22. The van der Waals surface area contributed by atoms with E-state index >= 15 is 0 Å². The Morgan fingerprint density at radius 3 is 2.42 bits per heavy atom. The second kappa shape index (κ2) is 9.64. The lowest BCUT2D eigenvalue weighted by Gasteiger charge is -2.21. The molecule has 1 aromatic carbocycles. The zero-order chi connectivity index (χ0) is 18.2. The molecule has 24 heavy (non-hydrogen) atoms. The van der Waals surface area contributed by atoms with Gasteiger partial charge in [-0.15, -0.1) is 0 Å². The molecule has 2 unspecified atom stereocenters. The summed E-state index contributed by atoms with van der Waals surface area (Å²) in [5.74, 6) is -0.451. The van der Waals surface area contributed by atoms with Crippen LogP contribution in [0.25, 0.3) is 0 Å². The standard InChI is InChI=1S/C17H27NO5S/c1-4-5-6-11-24(21,22)12-16(19)18-13(2)17(20)14-7-9-15(23-3)10-8-14/h7-10,13,17,20H,4-6,11-12H2,1-3H3,(H,18,19). The molecular formula is C17H27NO5S. The van der Waals surface area contributed by atoms with E-state index in [1.165, 1.54) is 0 Å². The third kappa shape index (κ3) is 6.88. The SMILES string of the molecule is CCCCCS(=O)(=O)CC(=O)NC(C)C(O)c1ccc(OC)cc1. The number of ether oxygens (including phenoxy) is 1. The predicted molar refractivity (Wildman–Crippen MR) is 93.7 cm³/mol. The quantitative estimate of drug-likeness (QED) is 0.623. The van der Waals surface area contributed by atoms with Gasteiger partial charge in [0.05, 0.1) is 25.0 Å². The number of rotatable bonds is 10. The van der Waals surface area contributed by atoms with Gasteiger partial charge in [-0.3, -0.25) is 4.79 Å². The number of hydrogen-bond donors (Lipinski definition) is 2. The predicted octanol–water partition coefficient (Wildman–Crippen LogP) is 1.84. The molecular weight excluding hydrogens is 330 g/mol. The van der Waals surface area contributed by atoms with Crippen LogP contribution in [0, 0.1) is 0 Å². The number of aliphatic hydroxyl groups is 1. The third-order valence-electron chi connectivity index (χ3n) is 3.73. The minimum absolute atomic E-state index is 0.0175. The number of amides is 1. The molecule has 1 amide bonds. The van der Waals surface area contributed by atoms with Crippen molar-refractivity contribution in [1.29, 1.82) is 0 Å². The molecule has 0 aromatic heterocycles. The maximum absolute atomic E-state index is 11.9. The fraction of sp³-hybridized carbons (Fsp3) is 0.588. The van der Waals surface area contributed by atoms with Gasteiger partial charge in [0.2, 0.25) is 5.91 Å². The first-order valence-corrected chi connectivity index (χ1v) is 9.93. The van der Waals surface area contributed by atoms with Gasteiger partial charge >= 0.3 is 0 Å². The van der Waals surface area contributed by atoms with Crippen LogP contribution in [0.3, 0.4) is 0 Å². The maximum Gasteiger partial charge on any atom is 0.235 e. The van der Waals surface area contributed by atoms with Crippen molar-refractivity contribution in [3.63, 3.8) is 0 Å². The first kappa shape index (κ1) is 20.4. The van der Waals surface area contributed by atoms with Crippen LogP contribution in [0.4, 0.5) is 0 Å². The summed E-state index contributed by atoms with van der Waals surface area (Å²) in [6.07, 6.45) is 1.39. The summed E-state index contributed by atoms with van der Waals surface area (Å²) in [5, 5.41) is 12.8. The van der Waals surface area contributed by atoms with E-state index in [1.807, 2.05) is 6.92 Å². The first-order valence-electron chi connectivity index (χ1n) is 8.11. The number of hydrogen-bond acceptors (Lipinski definition) is 5. The van der Waals surface area contributed by atoms with Crippen molar-refractivity contribution in [1.82, 2.24) is 5.32 Å². The van der Waals surface area contributed by atoms with Gasteiger partial charge in [-0.1, -0.05) is 31.9 Å². The number of carbonyl (C=O) groups excluding carboxylic acids is 1. The van der Waals surface area contributed by atoms with Gasteiger partial charge in [-0.25, -0.2) is 8.42 Å². The Hall–Kier alpha value is -1.60. The second-order valence-corrected chi connectivity index (χ2v) is 8.06. The molecule has 0 aliphatic rings. The van der Waals surface area contributed by atoms with E-state index in [0.29, 0.717) is 17.7 Å². The summed E-state index contributed by atoms with van der Waals surface area (Å²) in [5.41, 5.74) is 0.620. The molecule has 0 radical (unpaired) electrons. The van der Waals surface area contributed by atoms with E-state index in [1.54, 1.807) is 38.3 Å². The van der Waals surface area contributed by atoms with Crippen LogP contribution >= 0.6 is 0 Å². The molecule has 0 saturated carbocycles. The average Bonchev–Trinajstić information content (AvgIpc) is 2.53. The van der Waals surface area contributed by atoms with Crippen molar-refractivity contribution in [2.45, 2.75) is 45.3 Å². The van der Waals surface area contributed by atoms with Crippen LogP contribution in [-0.4, -0.2) is 44.1 Å². The highest BCUT2D eigenvalue weighted by atomic mass is 32.2. The molecule has 0 bridgehead atoms. The normalized spacial score (nSPS) is 14.0. The number of nitrogens with one attached hydrogen (secondary N) is 1. The summed E-state index contributed by atoms with van der Waals surface area (Å²) in [6.45, 7) is 3.62. The van der Waals surface area contributed by atoms with Crippen molar-refractivity contribution >= 4 is 15.7 Å². The van der Waals surface area contributed by atoms with Crippen molar-refractivity contribution in [3.8, 4) is 5.75 Å². The molecule has 2 atom stereocenters. The molecule has 0 spiro atoms. The van der Waals surface area contributed by atoms with Crippen LogP contribution in [0.5, 0.6) is 5.75 Å². The van der Waals surface area contributed by atoms with Crippen LogP contribution in [0.1, 0.15) is 44.8 Å². The summed E-state index contributed by atoms with van der Waals surface area (Å²) >= 11 is 0. The number of methoxy groups -OCH3 is 1. The zero-order valence-electron chi connectivity index (χ0n) is 14.5. The fourth-order valence-corrected chi connectivity index (χ4v) is 3.58. The summed E-state index contributed by atoms with van der Waals surface area (Å²) < 4.78 is 28.8. The number of carbonyl (C=O) groups is 1. The maximum atomic E-state index is 11.9. The summed E-state index contributed by atoms with van der Waals surface area (Å²) in [7, 11) is -1.86. The van der Waals surface area contributed by atoms with E-state index in [-0.39, 0.29) is 5.75 Å². The molecule has 1 rings (SSSR count). The van der Waals surface area contributed by atoms with E-state index in [4.69, 9.17) is 4.74 Å². The van der Waals surface area contributed by atoms with Crippen molar-refractivity contribution in [3.05, 3.63) is 29.8 Å². The summed E-state index contributed by atoms with van der Waals surface area (Å²) in [4.78, 5) is 11.9. The Balaban J connectivity index is 2.55. The molecule has 136 valence electrons. The Kier molecular flexibility index (Phi) is 8.21. The smallest absolute Gasteiger partial charge is 0.235 e. The number of unbranched alkanes of at least 4 members (excludes halogenated alkanes) is 2. The largest absolute Gasteiger partial charge is 0.497 e. The Morgan fingerprint density at radius 2 is 1.88 bits per heavy atom. The highest BCUT2D eigenvalue weighted by molar-refractivity contribution is 7.92. The fourth-order valence-electron chi connectivity index (χ4n) is 2.31. The average molecular weight is 357 g/mol. The number of sulfone groups is 1. The van der Waals surface area contributed by atoms with Crippen LogP contribution in [0.15, 0.2) is 24.3 Å². The monoisotopic (exact) mass is 357 g/mol. The molecule has 0 saturated heterocycles. The molecule has 6 nitrogen and oxygen atoms in total. The van der Waals surface area contributed by atoms with Gasteiger partial charge in [-0.05, 0) is 31.0 Å². The van der Waals surface area contributed by atoms with Crippen LogP contribution < -0.4 is 10.1 Å². The molecule has 0 heterocycles. The van der Waals surface area contributed by atoms with Gasteiger partial charge < -0.3 is 15.2 Å². The van der Waals surface area contributed by atoms with Crippen molar-refractivity contribution in [2.24, 2.45) is 0 Å². The molecule has 2 N–H and O–H groups in total. The Bertz CT molecular complexity index is 612. The molecule has 0 fully saturated rings. The van der Waals surface area contributed by atoms with E-state index in [9.17, 15) is 18.3 Å². The van der Waals surface area contributed by atoms with Gasteiger partial charge in [0.15, 0.2) is 9.84 Å². The molecule has 1 aromatic rings. The first-order chi connectivity index (χ1) is 11.3. The topological polar surface area (TPSA) is 92.7 Å². The molecule has 0 aliphatic carbocycles. The second-order valence-electron chi connectivity index (χ2n) is 5.87. The van der Waals surface area contributed by atoms with Crippen molar-refractivity contribution in [2.75, 3.05) is 18.6 Å². The lowest BCUT2D eigenvalue weighted by atomic mass is 10.0. The number of aliphatic hydroxyl groups excluding tert-OH is 1. The number of benzene rings is 1. The van der Waals surface area contributed by atoms with Gasteiger partial charge in [0.1, 0.15) is 11.5 Å². The van der Waals surface area contributed by atoms with Crippen LogP contribution in [-0.2, 0) is 14.6 Å². The Labute approximate surface area is 144 Å². The van der Waals surface area contributed by atoms with E-state index in [0.717, 1.165) is 12.8 Å². The lowest BCUT2D eigenvalue weighted by Crippen LogP contribution is -2.40. The minimum Gasteiger partial charge on any atom is -0.497 e. The molecule has 0 aliphatic heterocycles. The van der Waals surface area contributed by atoms with Gasteiger partial charge in [-0.2, -0.15) is 0 Å². The highest BCUT2D eigenvalue weighted by Crippen LogP contribution is 2.20. The summed E-state index contributed by atoms with van der Waals surface area (Å²) in [6, 6.07) is 6.23. The van der Waals surface area contributed by atoms with E-state index in [2.05, 4.69) is 5.32 Å². The molecule has 7 heteroatoms. The Morgan fingerprint density at radius 1 is 1.25 bits per heavy atom. The van der Waals surface area contributed by atoms with Crippen molar-refractivity contribution < 1.29 is 23.1 Å². The minimum atomic E-state index is -3.41.